The molecule has 0 radical (unpaired) electrons. The number of allylic oxidation sites excluding steroid dienone is 1. The van der Waals surface area contributed by atoms with E-state index in [-0.39, 0.29) is 0 Å². The summed E-state index contributed by atoms with van der Waals surface area (Å²) >= 11 is 0. The number of rotatable bonds is 5. The minimum Gasteiger partial charge on any atom is -0.389 e. The maximum Gasteiger partial charge on any atom is 0.0912 e. The largest absolute Gasteiger partial charge is 0.389 e. The molecule has 0 saturated heterocycles. The fourth-order valence-electron chi connectivity index (χ4n) is 1.01. The van der Waals surface area contributed by atoms with E-state index in [2.05, 4.69) is 6.92 Å². The summed E-state index contributed by atoms with van der Waals surface area (Å²) in [6, 6.07) is 1.92. The first-order valence-electron chi connectivity index (χ1n) is 4.46. The Labute approximate surface area is 74.5 Å². The zero-order valence-corrected chi connectivity index (χ0v) is 7.88. The molecule has 0 fully saturated rings. The molecule has 0 aliphatic carbocycles. The van der Waals surface area contributed by atoms with Gasteiger partial charge in [0.15, 0.2) is 0 Å². The second-order valence-corrected chi connectivity index (χ2v) is 3.03. The van der Waals surface area contributed by atoms with E-state index >= 15 is 0 Å². The SMILES string of the molecule is CCCCCC(O)C(C)=CC#N. The smallest absolute Gasteiger partial charge is 0.0912 e. The van der Waals surface area contributed by atoms with E-state index in [4.69, 9.17) is 5.26 Å². The average Bonchev–Trinajstić information content (AvgIpc) is 2.05. The molecule has 1 atom stereocenters. The van der Waals surface area contributed by atoms with Gasteiger partial charge in [0.05, 0.1) is 12.2 Å². The Balaban J connectivity index is 3.65. The summed E-state index contributed by atoms with van der Waals surface area (Å²) in [6.07, 6.45) is 5.11. The quantitative estimate of drug-likeness (QED) is 0.504. The monoisotopic (exact) mass is 167 g/mol. The van der Waals surface area contributed by atoms with Crippen LogP contribution < -0.4 is 0 Å². The fraction of sp³-hybridized carbons (Fsp3) is 0.700. The van der Waals surface area contributed by atoms with E-state index in [1.807, 2.05) is 6.07 Å². The Hall–Kier alpha value is -0.810. The maximum absolute atomic E-state index is 9.46. The molecule has 0 aromatic rings. The molecule has 0 heterocycles. The van der Waals surface area contributed by atoms with Crippen LogP contribution in [0.5, 0.6) is 0 Å². The molecule has 0 spiro atoms. The van der Waals surface area contributed by atoms with Crippen molar-refractivity contribution in [2.24, 2.45) is 0 Å². The van der Waals surface area contributed by atoms with Crippen molar-refractivity contribution in [3.63, 3.8) is 0 Å². The van der Waals surface area contributed by atoms with Crippen molar-refractivity contribution in [2.75, 3.05) is 0 Å². The van der Waals surface area contributed by atoms with Crippen LogP contribution >= 0.6 is 0 Å². The molecule has 2 heteroatoms. The molecule has 1 unspecified atom stereocenters. The highest BCUT2D eigenvalue weighted by atomic mass is 16.3. The lowest BCUT2D eigenvalue weighted by molar-refractivity contribution is 0.196. The number of nitrogens with zero attached hydrogens (tertiary/aromatic N) is 1. The number of aliphatic hydroxyl groups is 1. The van der Waals surface area contributed by atoms with Gasteiger partial charge in [0.1, 0.15) is 0 Å². The van der Waals surface area contributed by atoms with Gasteiger partial charge in [-0.3, -0.25) is 0 Å². The van der Waals surface area contributed by atoms with Gasteiger partial charge in [0.2, 0.25) is 0 Å². The van der Waals surface area contributed by atoms with Crippen LogP contribution in [0, 0.1) is 11.3 Å². The molecule has 0 aromatic heterocycles. The first-order chi connectivity index (χ1) is 5.72. The summed E-state index contributed by atoms with van der Waals surface area (Å²) in [5.74, 6) is 0. The summed E-state index contributed by atoms with van der Waals surface area (Å²) in [7, 11) is 0. The van der Waals surface area contributed by atoms with Crippen molar-refractivity contribution in [1.29, 1.82) is 5.26 Å². The lowest BCUT2D eigenvalue weighted by Gasteiger charge is -2.08. The van der Waals surface area contributed by atoms with Gasteiger partial charge in [-0.15, -0.1) is 0 Å². The highest BCUT2D eigenvalue weighted by Gasteiger charge is 2.04. The van der Waals surface area contributed by atoms with Crippen LogP contribution in [0.4, 0.5) is 0 Å². The third kappa shape index (κ3) is 4.92. The van der Waals surface area contributed by atoms with Crippen LogP contribution in [0.15, 0.2) is 11.6 Å². The van der Waals surface area contributed by atoms with Crippen LogP contribution in [0.3, 0.4) is 0 Å². The van der Waals surface area contributed by atoms with Crippen LogP contribution in [0.1, 0.15) is 39.5 Å². The molecular formula is C10H17NO. The van der Waals surface area contributed by atoms with Gasteiger partial charge in [-0.2, -0.15) is 5.26 Å². The van der Waals surface area contributed by atoms with Crippen molar-refractivity contribution in [1.82, 2.24) is 0 Å². The van der Waals surface area contributed by atoms with Crippen molar-refractivity contribution in [3.05, 3.63) is 11.6 Å². The first-order valence-corrected chi connectivity index (χ1v) is 4.46. The van der Waals surface area contributed by atoms with E-state index in [9.17, 15) is 5.11 Å². The highest BCUT2D eigenvalue weighted by Crippen LogP contribution is 2.10. The number of hydrogen-bond acceptors (Lipinski definition) is 2. The van der Waals surface area contributed by atoms with E-state index in [0.717, 1.165) is 31.3 Å². The van der Waals surface area contributed by atoms with Gasteiger partial charge in [0.25, 0.3) is 0 Å². The predicted molar refractivity (Wildman–Crippen MR) is 49.5 cm³/mol. The standard InChI is InChI=1S/C10H17NO/c1-3-4-5-6-10(12)9(2)7-8-11/h7,10,12H,3-6H2,1-2H3. The van der Waals surface area contributed by atoms with Gasteiger partial charge in [-0.05, 0) is 18.9 Å². The van der Waals surface area contributed by atoms with Crippen molar-refractivity contribution in [2.45, 2.75) is 45.6 Å². The molecule has 0 amide bonds. The van der Waals surface area contributed by atoms with Crippen molar-refractivity contribution < 1.29 is 5.11 Å². The molecule has 0 aromatic carbocycles. The van der Waals surface area contributed by atoms with Gasteiger partial charge in [-0.1, -0.05) is 26.2 Å². The van der Waals surface area contributed by atoms with Crippen LogP contribution in [-0.4, -0.2) is 11.2 Å². The minimum absolute atomic E-state index is 0.420. The molecule has 0 aliphatic heterocycles. The fourth-order valence-corrected chi connectivity index (χ4v) is 1.01. The lowest BCUT2D eigenvalue weighted by atomic mass is 10.0. The summed E-state index contributed by atoms with van der Waals surface area (Å²) in [5.41, 5.74) is 0.772. The van der Waals surface area contributed by atoms with E-state index in [1.165, 1.54) is 6.08 Å². The Morgan fingerprint density at radius 1 is 1.58 bits per heavy atom. The Morgan fingerprint density at radius 2 is 2.25 bits per heavy atom. The van der Waals surface area contributed by atoms with Crippen LogP contribution in [0.2, 0.25) is 0 Å². The zero-order valence-electron chi connectivity index (χ0n) is 7.88. The lowest BCUT2D eigenvalue weighted by Crippen LogP contribution is -2.07. The average molecular weight is 167 g/mol. The van der Waals surface area contributed by atoms with Crippen molar-refractivity contribution >= 4 is 0 Å². The predicted octanol–water partition coefficient (Wildman–Crippen LogP) is 2.40. The van der Waals surface area contributed by atoms with Crippen LogP contribution in [-0.2, 0) is 0 Å². The Bertz CT molecular complexity index is 179. The topological polar surface area (TPSA) is 44.0 Å². The Kier molecular flexibility index (Phi) is 6.41. The van der Waals surface area contributed by atoms with Gasteiger partial charge in [0, 0.05) is 6.08 Å². The number of unbranched alkanes of at least 4 members (excludes halogenated alkanes) is 2. The van der Waals surface area contributed by atoms with Gasteiger partial charge in [-0.25, -0.2) is 0 Å². The van der Waals surface area contributed by atoms with Crippen molar-refractivity contribution in [3.8, 4) is 6.07 Å². The molecule has 0 aliphatic rings. The summed E-state index contributed by atoms with van der Waals surface area (Å²) < 4.78 is 0. The number of aliphatic hydroxyl groups excluding tert-OH is 1. The number of nitriles is 1. The van der Waals surface area contributed by atoms with E-state index < -0.39 is 6.10 Å². The second kappa shape index (κ2) is 6.87. The second-order valence-electron chi connectivity index (χ2n) is 3.03. The third-order valence-corrected chi connectivity index (χ3v) is 1.90. The van der Waals surface area contributed by atoms with E-state index in [0.29, 0.717) is 0 Å². The summed E-state index contributed by atoms with van der Waals surface area (Å²) in [4.78, 5) is 0. The highest BCUT2D eigenvalue weighted by molar-refractivity contribution is 5.14. The molecule has 12 heavy (non-hydrogen) atoms. The molecule has 0 saturated carbocycles. The Morgan fingerprint density at radius 3 is 2.75 bits per heavy atom. The summed E-state index contributed by atoms with van der Waals surface area (Å²) in [6.45, 7) is 3.92. The van der Waals surface area contributed by atoms with Gasteiger partial charge >= 0.3 is 0 Å². The zero-order chi connectivity index (χ0) is 9.40. The molecular weight excluding hydrogens is 150 g/mol. The van der Waals surface area contributed by atoms with Gasteiger partial charge < -0.3 is 5.11 Å². The normalized spacial score (nSPS) is 14.0. The number of hydrogen-bond donors (Lipinski definition) is 1. The molecule has 68 valence electrons. The molecule has 1 N–H and O–H groups in total. The third-order valence-electron chi connectivity index (χ3n) is 1.90. The van der Waals surface area contributed by atoms with Crippen LogP contribution in [0.25, 0.3) is 0 Å². The summed E-state index contributed by atoms with van der Waals surface area (Å²) in [5, 5.41) is 17.8. The maximum atomic E-state index is 9.46. The molecule has 2 nitrogen and oxygen atoms in total. The van der Waals surface area contributed by atoms with E-state index in [1.54, 1.807) is 6.92 Å². The minimum atomic E-state index is -0.420. The first kappa shape index (κ1) is 11.2. The molecule has 0 bridgehead atoms. The molecule has 0 rings (SSSR count).